The highest BCUT2D eigenvalue weighted by Crippen LogP contribution is 2.40. The molecule has 0 radical (unpaired) electrons. The summed E-state index contributed by atoms with van der Waals surface area (Å²) in [7, 11) is 3.40. The van der Waals surface area contributed by atoms with Crippen LogP contribution >= 0.6 is 0 Å². The number of anilines is 1. The van der Waals surface area contributed by atoms with Crippen LogP contribution in [-0.4, -0.2) is 99.6 Å². The summed E-state index contributed by atoms with van der Waals surface area (Å²) in [5.74, 6) is -0.296. The number of esters is 1. The molecule has 0 aromatic carbocycles. The van der Waals surface area contributed by atoms with Gasteiger partial charge in [0.25, 0.3) is 0 Å². The minimum Gasteiger partial charge on any atom is -0.462 e. The zero-order valence-corrected chi connectivity index (χ0v) is 20.4. The van der Waals surface area contributed by atoms with Crippen LogP contribution in [-0.2, 0) is 29.3 Å². The second-order valence-electron chi connectivity index (χ2n) is 8.76. The Hall–Kier alpha value is -3.51. The standard InChI is InChI=1S/C22H30N6O8/c1-12(2)35-20(31)14(27(3)4)7-8-33-21(32)34-9-15-17(29)18(30)22(10-23,36-15)16-6-5-13-19(24)25-11-26-28(13)16/h5-6,11-12,14-15,17-18,29-30H,7-9H2,1-4H3,(H2,24,25,26)/t14-,15+,17?,18+,22-/m0/s1. The number of hydrogen-bond acceptors (Lipinski definition) is 13. The molecule has 5 atom stereocenters. The Bertz CT molecular complexity index is 1130. The van der Waals surface area contributed by atoms with E-state index in [1.165, 1.54) is 16.9 Å². The molecule has 36 heavy (non-hydrogen) atoms. The summed E-state index contributed by atoms with van der Waals surface area (Å²) >= 11 is 0. The lowest BCUT2D eigenvalue weighted by Crippen LogP contribution is -2.41. The number of likely N-dealkylation sites (N-methyl/N-ethyl adjacent to an activating group) is 1. The summed E-state index contributed by atoms with van der Waals surface area (Å²) in [4.78, 5) is 29.8. The summed E-state index contributed by atoms with van der Waals surface area (Å²) in [6, 6.07) is 4.29. The van der Waals surface area contributed by atoms with Gasteiger partial charge in [-0.25, -0.2) is 14.3 Å². The molecule has 14 heteroatoms. The van der Waals surface area contributed by atoms with E-state index in [9.17, 15) is 25.1 Å². The molecule has 0 spiro atoms. The molecule has 4 N–H and O–H groups in total. The molecule has 0 bridgehead atoms. The largest absolute Gasteiger partial charge is 0.508 e. The van der Waals surface area contributed by atoms with Crippen LogP contribution in [0.4, 0.5) is 10.6 Å². The third kappa shape index (κ3) is 5.34. The van der Waals surface area contributed by atoms with Gasteiger partial charge >= 0.3 is 12.1 Å². The minimum atomic E-state index is -2.01. The SMILES string of the molecule is CC(C)OC(=O)[C@H](CCOC(=O)OC[C@H]1O[C@@](C#N)(c2ccc3c(N)ncnn23)[C@H](O)C1O)N(C)C. The Kier molecular flexibility index (Phi) is 8.31. The van der Waals surface area contributed by atoms with Gasteiger partial charge in [0.15, 0.2) is 5.82 Å². The molecule has 3 heterocycles. The van der Waals surface area contributed by atoms with Crippen molar-refractivity contribution in [3.05, 3.63) is 24.2 Å². The van der Waals surface area contributed by atoms with Crippen molar-refractivity contribution >= 4 is 23.5 Å². The maximum Gasteiger partial charge on any atom is 0.508 e. The highest BCUT2D eigenvalue weighted by atomic mass is 16.7. The molecule has 1 aliphatic rings. The number of nitrogens with zero attached hydrogens (tertiary/aromatic N) is 5. The number of hydrogen-bond donors (Lipinski definition) is 3. The molecular formula is C22H30N6O8. The first kappa shape index (κ1) is 27.1. The highest BCUT2D eigenvalue weighted by Gasteiger charge is 2.57. The second kappa shape index (κ2) is 11.0. The number of aliphatic hydroxyl groups is 2. The summed E-state index contributed by atoms with van der Waals surface area (Å²) in [5, 5.41) is 35.2. The van der Waals surface area contributed by atoms with E-state index in [0.717, 1.165) is 0 Å². The molecule has 2 aromatic rings. The van der Waals surface area contributed by atoms with Gasteiger partial charge < -0.3 is 34.9 Å². The molecule has 3 rings (SSSR count). The molecule has 0 amide bonds. The fourth-order valence-electron chi connectivity index (χ4n) is 3.89. The first-order valence-corrected chi connectivity index (χ1v) is 11.2. The number of nitriles is 1. The Morgan fingerprint density at radius 1 is 1.33 bits per heavy atom. The van der Waals surface area contributed by atoms with Gasteiger partial charge in [-0.15, -0.1) is 0 Å². The lowest BCUT2D eigenvalue weighted by Gasteiger charge is -2.24. The van der Waals surface area contributed by atoms with Gasteiger partial charge in [0, 0.05) is 6.42 Å². The van der Waals surface area contributed by atoms with Crippen molar-refractivity contribution in [2.24, 2.45) is 0 Å². The quantitative estimate of drug-likeness (QED) is 0.371. The van der Waals surface area contributed by atoms with Crippen molar-refractivity contribution in [3.8, 4) is 6.07 Å². The predicted octanol–water partition coefficient (Wildman–Crippen LogP) is -0.424. The molecular weight excluding hydrogens is 476 g/mol. The summed E-state index contributed by atoms with van der Waals surface area (Å²) in [6.45, 7) is 2.83. The first-order chi connectivity index (χ1) is 17.0. The molecule has 0 aliphatic carbocycles. The second-order valence-corrected chi connectivity index (χ2v) is 8.76. The maximum absolute atomic E-state index is 12.2. The van der Waals surface area contributed by atoms with Crippen LogP contribution in [0.2, 0.25) is 0 Å². The number of carbonyl (C=O) groups excluding carboxylic acids is 2. The number of aromatic nitrogens is 3. The lowest BCUT2D eigenvalue weighted by atomic mass is 9.92. The molecule has 196 valence electrons. The lowest BCUT2D eigenvalue weighted by molar-refractivity contribution is -0.153. The van der Waals surface area contributed by atoms with Gasteiger partial charge in [0.2, 0.25) is 5.60 Å². The van der Waals surface area contributed by atoms with Gasteiger partial charge in [0.1, 0.15) is 48.9 Å². The van der Waals surface area contributed by atoms with Crippen molar-refractivity contribution in [1.29, 1.82) is 5.26 Å². The van der Waals surface area contributed by atoms with Crippen molar-refractivity contribution in [2.45, 2.75) is 56.3 Å². The van der Waals surface area contributed by atoms with Crippen molar-refractivity contribution in [1.82, 2.24) is 19.5 Å². The molecule has 1 unspecified atom stereocenters. The number of rotatable bonds is 9. The Balaban J connectivity index is 1.60. The average Bonchev–Trinajstić information content (AvgIpc) is 3.36. The van der Waals surface area contributed by atoms with Crippen LogP contribution < -0.4 is 5.73 Å². The van der Waals surface area contributed by atoms with E-state index in [2.05, 4.69) is 10.1 Å². The predicted molar refractivity (Wildman–Crippen MR) is 122 cm³/mol. The minimum absolute atomic E-state index is 0.119. The van der Waals surface area contributed by atoms with E-state index in [4.69, 9.17) is 24.7 Å². The van der Waals surface area contributed by atoms with Gasteiger partial charge in [-0.3, -0.25) is 9.69 Å². The van der Waals surface area contributed by atoms with Crippen LogP contribution in [0.5, 0.6) is 0 Å². The van der Waals surface area contributed by atoms with Gasteiger partial charge in [-0.1, -0.05) is 0 Å². The fourth-order valence-corrected chi connectivity index (χ4v) is 3.89. The molecule has 1 fully saturated rings. The Morgan fingerprint density at radius 2 is 2.06 bits per heavy atom. The molecule has 14 nitrogen and oxygen atoms in total. The number of aliphatic hydroxyl groups excluding tert-OH is 2. The topological polar surface area (TPSA) is 195 Å². The van der Waals surface area contributed by atoms with Crippen molar-refractivity contribution < 1.29 is 38.7 Å². The van der Waals surface area contributed by atoms with Crippen molar-refractivity contribution in [2.75, 3.05) is 33.0 Å². The van der Waals surface area contributed by atoms with E-state index in [0.29, 0.717) is 5.52 Å². The number of ether oxygens (including phenoxy) is 4. The first-order valence-electron chi connectivity index (χ1n) is 11.2. The maximum atomic E-state index is 12.2. The van der Waals surface area contributed by atoms with E-state index < -0.39 is 48.7 Å². The Morgan fingerprint density at radius 3 is 2.69 bits per heavy atom. The monoisotopic (exact) mass is 506 g/mol. The molecule has 1 saturated heterocycles. The number of fused-ring (bicyclic) bond motifs is 1. The zero-order valence-electron chi connectivity index (χ0n) is 20.4. The van der Waals surface area contributed by atoms with Crippen LogP contribution in [0.3, 0.4) is 0 Å². The fraction of sp³-hybridized carbons (Fsp3) is 0.591. The van der Waals surface area contributed by atoms with Gasteiger partial charge in [-0.05, 0) is 40.1 Å². The van der Waals surface area contributed by atoms with E-state index in [1.807, 2.05) is 6.07 Å². The third-order valence-corrected chi connectivity index (χ3v) is 5.71. The summed E-state index contributed by atoms with van der Waals surface area (Å²) in [5.41, 5.74) is 4.31. The van der Waals surface area contributed by atoms with Gasteiger partial charge in [-0.2, -0.15) is 10.4 Å². The number of nitrogens with two attached hydrogens (primary N) is 1. The highest BCUT2D eigenvalue weighted by molar-refractivity contribution is 5.76. The zero-order chi connectivity index (χ0) is 26.6. The molecule has 2 aromatic heterocycles. The normalized spacial score (nSPS) is 24.6. The number of carbonyl (C=O) groups is 2. The summed E-state index contributed by atoms with van der Waals surface area (Å²) < 4.78 is 22.3. The van der Waals surface area contributed by atoms with E-state index in [-0.39, 0.29) is 30.6 Å². The summed E-state index contributed by atoms with van der Waals surface area (Å²) in [6.07, 6.45) is -4.51. The molecule has 1 aliphatic heterocycles. The molecule has 0 saturated carbocycles. The third-order valence-electron chi connectivity index (χ3n) is 5.71. The van der Waals surface area contributed by atoms with Crippen LogP contribution in [0.15, 0.2) is 18.5 Å². The van der Waals surface area contributed by atoms with Crippen LogP contribution in [0.25, 0.3) is 5.52 Å². The van der Waals surface area contributed by atoms with Crippen LogP contribution in [0.1, 0.15) is 26.0 Å². The van der Waals surface area contributed by atoms with E-state index in [1.54, 1.807) is 38.9 Å². The van der Waals surface area contributed by atoms with Gasteiger partial charge in [0.05, 0.1) is 18.4 Å². The average molecular weight is 507 g/mol. The van der Waals surface area contributed by atoms with Crippen LogP contribution in [0, 0.1) is 11.3 Å². The van der Waals surface area contributed by atoms with Crippen molar-refractivity contribution in [3.63, 3.8) is 0 Å². The number of nitrogen functional groups attached to an aromatic ring is 1. The van der Waals surface area contributed by atoms with E-state index >= 15 is 0 Å². The Labute approximate surface area is 207 Å². The smallest absolute Gasteiger partial charge is 0.462 e.